The Balaban J connectivity index is 3.18. The molecule has 0 spiro atoms. The summed E-state index contributed by atoms with van der Waals surface area (Å²) in [6.07, 6.45) is 3.26. The van der Waals surface area contributed by atoms with Crippen LogP contribution in [0.2, 0.25) is 0 Å². The second-order valence-corrected chi connectivity index (χ2v) is 10.1. The van der Waals surface area contributed by atoms with Crippen LogP contribution in [-0.2, 0) is 23.1 Å². The van der Waals surface area contributed by atoms with E-state index in [0.717, 1.165) is 12.8 Å². The Morgan fingerprint density at radius 1 is 1.15 bits per heavy atom. The third-order valence-corrected chi connectivity index (χ3v) is 7.46. The largest absolute Gasteiger partial charge is 0.383 e. The molecule has 26 heavy (non-hydrogen) atoms. The number of methoxy groups -OCH3 is 1. The number of hydrogen-bond acceptors (Lipinski definition) is 6. The van der Waals surface area contributed by atoms with Crippen molar-refractivity contribution in [1.82, 2.24) is 10.2 Å². The SMILES string of the molecule is CCOP(=O)(OCC)C1(N(CCOC)CC(=O)NC(C)(C)C)CCCC1. The van der Waals surface area contributed by atoms with Crippen molar-refractivity contribution < 1.29 is 23.1 Å². The van der Waals surface area contributed by atoms with Gasteiger partial charge in [0, 0.05) is 19.2 Å². The zero-order chi connectivity index (χ0) is 19.8. The van der Waals surface area contributed by atoms with Crippen molar-refractivity contribution in [2.24, 2.45) is 0 Å². The van der Waals surface area contributed by atoms with Gasteiger partial charge in [0.05, 0.1) is 26.4 Å². The highest BCUT2D eigenvalue weighted by Gasteiger charge is 2.56. The molecule has 0 bridgehead atoms. The molecular weight excluding hydrogens is 355 g/mol. The minimum absolute atomic E-state index is 0.0978. The molecular formula is C18H37N2O5P. The summed E-state index contributed by atoms with van der Waals surface area (Å²) in [5.74, 6) is -0.0978. The lowest BCUT2D eigenvalue weighted by Crippen LogP contribution is -2.54. The molecule has 1 N–H and O–H groups in total. The van der Waals surface area contributed by atoms with Gasteiger partial charge in [-0.05, 0) is 47.5 Å². The predicted octanol–water partition coefficient (Wildman–Crippen LogP) is 3.39. The van der Waals surface area contributed by atoms with Gasteiger partial charge in [0.15, 0.2) is 0 Å². The minimum atomic E-state index is -3.41. The summed E-state index contributed by atoms with van der Waals surface area (Å²) in [6.45, 7) is 11.2. The third kappa shape index (κ3) is 6.03. The fraction of sp³-hybridized carbons (Fsp3) is 0.944. The molecule has 0 aromatic carbocycles. The predicted molar refractivity (Wildman–Crippen MR) is 103 cm³/mol. The number of carbonyl (C=O) groups is 1. The Morgan fingerprint density at radius 2 is 1.69 bits per heavy atom. The molecule has 0 aromatic rings. The van der Waals surface area contributed by atoms with Gasteiger partial charge in [0.25, 0.3) is 0 Å². The van der Waals surface area contributed by atoms with Crippen LogP contribution in [0.15, 0.2) is 0 Å². The highest BCUT2D eigenvalue weighted by atomic mass is 31.2. The first kappa shape index (κ1) is 23.6. The number of amides is 1. The molecule has 1 aliphatic rings. The molecule has 1 fully saturated rings. The molecule has 0 saturated heterocycles. The van der Waals surface area contributed by atoms with Gasteiger partial charge in [0.2, 0.25) is 5.91 Å². The number of ether oxygens (including phenoxy) is 1. The summed E-state index contributed by atoms with van der Waals surface area (Å²) in [5.41, 5.74) is -0.323. The van der Waals surface area contributed by atoms with Crippen LogP contribution in [0.25, 0.3) is 0 Å². The van der Waals surface area contributed by atoms with Crippen molar-refractivity contribution in [3.05, 3.63) is 0 Å². The van der Waals surface area contributed by atoms with E-state index in [1.54, 1.807) is 7.11 Å². The summed E-state index contributed by atoms with van der Waals surface area (Å²) in [4.78, 5) is 14.6. The molecule has 0 radical (unpaired) electrons. The van der Waals surface area contributed by atoms with E-state index in [4.69, 9.17) is 13.8 Å². The Kier molecular flexibility index (Phi) is 9.24. The third-order valence-electron chi connectivity index (χ3n) is 4.52. The number of nitrogens with one attached hydrogen (secondary N) is 1. The van der Waals surface area contributed by atoms with Gasteiger partial charge in [-0.15, -0.1) is 0 Å². The van der Waals surface area contributed by atoms with Gasteiger partial charge in [0.1, 0.15) is 5.28 Å². The van der Waals surface area contributed by atoms with E-state index in [0.29, 0.717) is 39.2 Å². The Hall–Kier alpha value is -0.460. The van der Waals surface area contributed by atoms with E-state index in [9.17, 15) is 9.36 Å². The van der Waals surface area contributed by atoms with Gasteiger partial charge >= 0.3 is 7.60 Å². The molecule has 0 heterocycles. The van der Waals surface area contributed by atoms with Crippen LogP contribution in [0, 0.1) is 0 Å². The lowest BCUT2D eigenvalue weighted by Gasteiger charge is -2.44. The lowest BCUT2D eigenvalue weighted by atomic mass is 10.1. The molecule has 1 saturated carbocycles. The van der Waals surface area contributed by atoms with E-state index in [2.05, 4.69) is 5.32 Å². The van der Waals surface area contributed by atoms with Crippen LogP contribution in [0.3, 0.4) is 0 Å². The Morgan fingerprint density at radius 3 is 2.12 bits per heavy atom. The number of hydrogen-bond donors (Lipinski definition) is 1. The standard InChI is InChI=1S/C18H37N2O5P/c1-7-24-26(22,25-8-2)18(11-9-10-12-18)20(13-14-23-6)15-16(21)19-17(3,4)5/h7-15H2,1-6H3,(H,19,21). The summed E-state index contributed by atoms with van der Waals surface area (Å²) < 4.78 is 30.4. The Labute approximate surface area is 158 Å². The maximum absolute atomic E-state index is 13.8. The molecule has 0 atom stereocenters. The van der Waals surface area contributed by atoms with Crippen LogP contribution in [0.4, 0.5) is 0 Å². The summed E-state index contributed by atoms with van der Waals surface area (Å²) in [5, 5.41) is 2.22. The molecule has 8 heteroatoms. The van der Waals surface area contributed by atoms with E-state index in [1.807, 2.05) is 39.5 Å². The van der Waals surface area contributed by atoms with Gasteiger partial charge in [-0.2, -0.15) is 0 Å². The van der Waals surface area contributed by atoms with Crippen LogP contribution in [0.1, 0.15) is 60.3 Å². The smallest absolute Gasteiger partial charge is 0.350 e. The maximum Gasteiger partial charge on any atom is 0.350 e. The summed E-state index contributed by atoms with van der Waals surface area (Å²) >= 11 is 0. The topological polar surface area (TPSA) is 77.1 Å². The molecule has 1 amide bonds. The number of carbonyl (C=O) groups excluding carboxylic acids is 1. The molecule has 7 nitrogen and oxygen atoms in total. The minimum Gasteiger partial charge on any atom is -0.383 e. The van der Waals surface area contributed by atoms with E-state index in [-0.39, 0.29) is 18.0 Å². The normalized spacial score (nSPS) is 17.7. The maximum atomic E-state index is 13.8. The van der Waals surface area contributed by atoms with Gasteiger partial charge in [-0.25, -0.2) is 0 Å². The molecule has 0 unspecified atom stereocenters. The second kappa shape index (κ2) is 10.2. The quantitative estimate of drug-likeness (QED) is 0.543. The zero-order valence-electron chi connectivity index (χ0n) is 17.3. The van der Waals surface area contributed by atoms with Crippen LogP contribution in [0.5, 0.6) is 0 Å². The molecule has 1 rings (SSSR count). The molecule has 154 valence electrons. The first-order valence-electron chi connectivity index (χ1n) is 9.58. The Bertz CT molecular complexity index is 476. The number of nitrogens with zero attached hydrogens (tertiary/aromatic N) is 1. The fourth-order valence-corrected chi connectivity index (χ4v) is 6.21. The second-order valence-electron chi connectivity index (χ2n) is 7.74. The van der Waals surface area contributed by atoms with Gasteiger partial charge < -0.3 is 19.1 Å². The average molecular weight is 392 g/mol. The first-order chi connectivity index (χ1) is 12.1. The zero-order valence-corrected chi connectivity index (χ0v) is 18.2. The van der Waals surface area contributed by atoms with Crippen molar-refractivity contribution in [2.45, 2.75) is 71.1 Å². The monoisotopic (exact) mass is 392 g/mol. The van der Waals surface area contributed by atoms with Crippen molar-refractivity contribution in [2.75, 3.05) is 40.0 Å². The van der Waals surface area contributed by atoms with E-state index in [1.165, 1.54) is 0 Å². The van der Waals surface area contributed by atoms with Crippen molar-refractivity contribution in [1.29, 1.82) is 0 Å². The number of rotatable bonds is 11. The summed E-state index contributed by atoms with van der Waals surface area (Å²) in [7, 11) is -1.79. The highest BCUT2D eigenvalue weighted by molar-refractivity contribution is 7.55. The van der Waals surface area contributed by atoms with Crippen LogP contribution >= 0.6 is 7.60 Å². The van der Waals surface area contributed by atoms with Gasteiger partial charge in [-0.1, -0.05) is 12.8 Å². The van der Waals surface area contributed by atoms with Crippen molar-refractivity contribution in [3.8, 4) is 0 Å². The molecule has 1 aliphatic carbocycles. The highest BCUT2D eigenvalue weighted by Crippen LogP contribution is 2.67. The van der Waals surface area contributed by atoms with Crippen molar-refractivity contribution >= 4 is 13.5 Å². The lowest BCUT2D eigenvalue weighted by molar-refractivity contribution is -0.124. The van der Waals surface area contributed by atoms with Crippen molar-refractivity contribution in [3.63, 3.8) is 0 Å². The van der Waals surface area contributed by atoms with Crippen LogP contribution < -0.4 is 5.32 Å². The average Bonchev–Trinajstić information content (AvgIpc) is 3.01. The van der Waals surface area contributed by atoms with Crippen LogP contribution in [-0.4, -0.2) is 61.6 Å². The van der Waals surface area contributed by atoms with E-state index < -0.39 is 12.9 Å². The molecule has 0 aromatic heterocycles. The van der Waals surface area contributed by atoms with Gasteiger partial charge in [-0.3, -0.25) is 14.3 Å². The fourth-order valence-electron chi connectivity index (χ4n) is 3.59. The molecule has 0 aliphatic heterocycles. The summed E-state index contributed by atoms with van der Waals surface area (Å²) in [6, 6.07) is 0. The first-order valence-corrected chi connectivity index (χ1v) is 11.1. The van der Waals surface area contributed by atoms with E-state index >= 15 is 0 Å².